The van der Waals surface area contributed by atoms with Gasteiger partial charge in [-0.25, -0.2) is 9.69 Å². The van der Waals surface area contributed by atoms with E-state index in [1.165, 1.54) is 27.6 Å². The van der Waals surface area contributed by atoms with E-state index < -0.39 is 5.91 Å². The number of carbonyl (C=O) groups excluding carboxylic acids is 1. The number of hydrogen-bond acceptors (Lipinski definition) is 13. The van der Waals surface area contributed by atoms with Gasteiger partial charge in [0.1, 0.15) is 23.0 Å². The minimum Gasteiger partial charge on any atom is -0.364 e. The average molecular weight is 887 g/mol. The van der Waals surface area contributed by atoms with Crippen LogP contribution in [-0.2, 0) is 7.05 Å². The van der Waals surface area contributed by atoms with Crippen LogP contribution in [0.5, 0.6) is 0 Å². The third kappa shape index (κ3) is 24.3. The number of aromatic nitrogens is 8. The lowest BCUT2D eigenvalue weighted by Crippen LogP contribution is -2.10. The third-order valence-corrected chi connectivity index (χ3v) is 8.10. The third-order valence-electron chi connectivity index (χ3n) is 7.31. The van der Waals surface area contributed by atoms with E-state index in [1.807, 2.05) is 112 Å². The topological polar surface area (TPSA) is 204 Å². The van der Waals surface area contributed by atoms with Crippen molar-refractivity contribution < 1.29 is 22.9 Å². The fraction of sp³-hybridized carbons (Fsp3) is 0.283. The number of pyridine rings is 1. The Balaban J connectivity index is 0.000000367. The quantitative estimate of drug-likeness (QED) is 0.153. The zero-order chi connectivity index (χ0) is 48.2. The predicted molar refractivity (Wildman–Crippen MR) is 246 cm³/mol. The van der Waals surface area contributed by atoms with Gasteiger partial charge < -0.3 is 24.1 Å². The first-order chi connectivity index (χ1) is 30.2. The molecular formula is C46H54N12O5S. The minimum absolute atomic E-state index is 0.174. The molecule has 0 unspecified atom stereocenters. The van der Waals surface area contributed by atoms with E-state index >= 15 is 0 Å². The van der Waals surface area contributed by atoms with E-state index in [0.29, 0.717) is 23.0 Å². The normalized spacial score (nSPS) is 9.09. The molecule has 0 saturated carbocycles. The van der Waals surface area contributed by atoms with Crippen LogP contribution in [0.25, 0.3) is 14.5 Å². The zero-order valence-corrected chi connectivity index (χ0v) is 39.3. The number of carbonyl (C=O) groups is 1. The number of benzene rings is 1. The Hall–Kier alpha value is -8.01. The van der Waals surface area contributed by atoms with Gasteiger partial charge in [0.25, 0.3) is 5.91 Å². The summed E-state index contributed by atoms with van der Waals surface area (Å²) in [5.74, 6) is 2.77. The van der Waals surface area contributed by atoms with Gasteiger partial charge >= 0.3 is 5.82 Å². The Labute approximate surface area is 378 Å². The summed E-state index contributed by atoms with van der Waals surface area (Å²) >= 11 is 1.55. The summed E-state index contributed by atoms with van der Waals surface area (Å²) < 4.78 is 24.4. The maximum absolute atomic E-state index is 10.3. The highest BCUT2D eigenvalue weighted by Crippen LogP contribution is 2.16. The SMILES string of the molecule is Cc1cc(C(N)=O)no1.Cc1cc(C)on1.Cc1cc(C)on1.Cc1cc(C)sn1.Cc1cnn(C)c1.[C-]#[N+]c1cc(C)on1.[C-]#[N+]c1ccc(C)c(C)c1.[C-]#[N+]c1ccnc(C)c1. The van der Waals surface area contributed by atoms with E-state index in [2.05, 4.69) is 71.7 Å². The summed E-state index contributed by atoms with van der Waals surface area (Å²) in [6.45, 7) is 42.8. The monoisotopic (exact) mass is 886 g/mol. The molecule has 2 N–H and O–H groups in total. The van der Waals surface area contributed by atoms with Gasteiger partial charge in [-0.2, -0.15) is 9.47 Å². The maximum atomic E-state index is 10.3. The number of nitrogens with zero attached hydrogens (tertiary/aromatic N) is 11. The molecule has 7 heterocycles. The standard InChI is InChI=1S/C9H9N.C7H6N2.C5H6N2O2.C5H4N2O.C5H8N2.2C5H7NO.C5H7NS/c1-7-4-5-9(10-3)6-8(7)2;1-6-5-7(8-2)3-4-9-6;1-3-2-4(5(6)8)7-9-3;1-4-3-5(6-2)7-8-4;1-5-3-6-7(2)4-5;3*1-4-3-5(2)7-6-4/h4-6H,1-2H3;3-5H,1H3;2H,1H3,(H2,6,8);3H,1H3;3-4H,1-2H3;3*3H,1-2H3. The molecule has 0 aliphatic carbocycles. The van der Waals surface area contributed by atoms with Crippen LogP contribution in [0.15, 0.2) is 97.3 Å². The van der Waals surface area contributed by atoms with Crippen LogP contribution in [0, 0.1) is 103 Å². The summed E-state index contributed by atoms with van der Waals surface area (Å²) in [7, 11) is 1.91. The highest BCUT2D eigenvalue weighted by atomic mass is 32.1. The van der Waals surface area contributed by atoms with Gasteiger partial charge in [0.15, 0.2) is 17.1 Å². The molecule has 0 aliphatic heterocycles. The first kappa shape index (κ1) is 54.0. The number of primary amides is 1. The second kappa shape index (κ2) is 29.3. The predicted octanol–water partition coefficient (Wildman–Crippen LogP) is 11.5. The van der Waals surface area contributed by atoms with Crippen molar-refractivity contribution in [3.8, 4) is 0 Å². The van der Waals surface area contributed by atoms with E-state index in [1.54, 1.807) is 54.5 Å². The lowest BCUT2D eigenvalue weighted by molar-refractivity contribution is 0.0991. The summed E-state index contributed by atoms with van der Waals surface area (Å²) in [5.41, 5.74) is 14.0. The van der Waals surface area contributed by atoms with Crippen molar-refractivity contribution in [3.05, 3.63) is 187 Å². The van der Waals surface area contributed by atoms with Crippen molar-refractivity contribution in [2.24, 2.45) is 12.8 Å². The Bertz CT molecular complexity index is 2500. The van der Waals surface area contributed by atoms with E-state index in [9.17, 15) is 4.79 Å². The van der Waals surface area contributed by atoms with Gasteiger partial charge in [0.2, 0.25) is 0 Å². The maximum Gasteiger partial charge on any atom is 0.318 e. The fourth-order valence-electron chi connectivity index (χ4n) is 4.30. The van der Waals surface area contributed by atoms with Gasteiger partial charge in [-0.15, -0.1) is 0 Å². The van der Waals surface area contributed by atoms with Crippen molar-refractivity contribution in [1.29, 1.82) is 0 Å². The van der Waals surface area contributed by atoms with Crippen molar-refractivity contribution in [2.45, 2.75) is 83.1 Å². The first-order valence-electron chi connectivity index (χ1n) is 19.2. The molecule has 334 valence electrons. The highest BCUT2D eigenvalue weighted by molar-refractivity contribution is 7.05. The Morgan fingerprint density at radius 1 is 0.609 bits per heavy atom. The molecule has 0 saturated heterocycles. The van der Waals surface area contributed by atoms with Crippen LogP contribution < -0.4 is 5.73 Å². The lowest BCUT2D eigenvalue weighted by atomic mass is 10.1. The Kier molecular flexibility index (Phi) is 24.7. The van der Waals surface area contributed by atoms with Gasteiger partial charge in [-0.1, -0.05) is 51.4 Å². The smallest absolute Gasteiger partial charge is 0.318 e. The molecular weight excluding hydrogens is 833 g/mol. The number of hydrogen-bond donors (Lipinski definition) is 1. The molecule has 18 heteroatoms. The molecule has 1 amide bonds. The van der Waals surface area contributed by atoms with Crippen LogP contribution in [0.2, 0.25) is 0 Å². The van der Waals surface area contributed by atoms with Crippen LogP contribution >= 0.6 is 11.5 Å². The molecule has 8 aromatic rings. The van der Waals surface area contributed by atoms with Gasteiger partial charge in [-0.05, 0) is 118 Å². The van der Waals surface area contributed by atoms with Crippen molar-refractivity contribution >= 4 is 34.6 Å². The second-order valence-corrected chi connectivity index (χ2v) is 14.7. The molecule has 0 bridgehead atoms. The molecule has 17 nitrogen and oxygen atoms in total. The van der Waals surface area contributed by atoms with Gasteiger partial charge in [-0.3, -0.25) is 19.0 Å². The molecule has 0 aliphatic rings. The molecule has 0 radical (unpaired) electrons. The van der Waals surface area contributed by atoms with Crippen LogP contribution in [0.3, 0.4) is 0 Å². The molecule has 0 atom stereocenters. The molecule has 1 aromatic carbocycles. The van der Waals surface area contributed by atoms with Crippen LogP contribution in [0.1, 0.15) is 77.9 Å². The fourth-order valence-corrected chi connectivity index (χ4v) is 4.86. The van der Waals surface area contributed by atoms with Crippen LogP contribution in [0.4, 0.5) is 17.2 Å². The van der Waals surface area contributed by atoms with E-state index in [0.717, 1.165) is 40.0 Å². The van der Waals surface area contributed by atoms with Crippen LogP contribution in [-0.4, -0.2) is 45.7 Å². The summed E-state index contributed by atoms with van der Waals surface area (Å²) in [6.07, 6.45) is 5.45. The Morgan fingerprint density at radius 3 is 1.41 bits per heavy atom. The minimum atomic E-state index is -0.563. The van der Waals surface area contributed by atoms with E-state index in [4.69, 9.17) is 34.5 Å². The number of amides is 1. The average Bonchev–Trinajstić information content (AvgIpc) is 4.14. The molecule has 0 fully saturated rings. The first-order valence-corrected chi connectivity index (χ1v) is 20.0. The summed E-state index contributed by atoms with van der Waals surface area (Å²) in [4.78, 5) is 25.1. The van der Waals surface area contributed by atoms with Gasteiger partial charge in [0, 0.05) is 54.3 Å². The lowest BCUT2D eigenvalue weighted by Gasteiger charge is -1.97. The summed E-state index contributed by atoms with van der Waals surface area (Å²) in [6, 6.07) is 18.1. The summed E-state index contributed by atoms with van der Waals surface area (Å²) in [5, 5.41) is 18.0. The van der Waals surface area contributed by atoms with Crippen molar-refractivity contribution in [3.63, 3.8) is 0 Å². The number of nitrogens with two attached hydrogens (primary N) is 1. The van der Waals surface area contributed by atoms with Crippen molar-refractivity contribution in [1.82, 2.24) is 39.8 Å². The van der Waals surface area contributed by atoms with E-state index in [-0.39, 0.29) is 5.69 Å². The second-order valence-electron chi connectivity index (χ2n) is 13.7. The molecule has 64 heavy (non-hydrogen) atoms. The largest absolute Gasteiger partial charge is 0.364 e. The number of rotatable bonds is 1. The Morgan fingerprint density at radius 2 is 1.16 bits per heavy atom. The van der Waals surface area contributed by atoms with Gasteiger partial charge in [0.05, 0.1) is 41.6 Å². The zero-order valence-electron chi connectivity index (χ0n) is 38.5. The van der Waals surface area contributed by atoms with Crippen molar-refractivity contribution in [2.75, 3.05) is 0 Å². The number of aryl methyl sites for hydroxylation is 13. The molecule has 0 spiro atoms. The highest BCUT2D eigenvalue weighted by Gasteiger charge is 2.04. The molecule has 8 rings (SSSR count). The molecule has 7 aromatic heterocycles.